The second kappa shape index (κ2) is 5.84. The van der Waals surface area contributed by atoms with E-state index in [1.54, 1.807) is 13.1 Å². The summed E-state index contributed by atoms with van der Waals surface area (Å²) in [4.78, 5) is 17.5. The van der Waals surface area contributed by atoms with Crippen LogP contribution in [0.1, 0.15) is 13.3 Å². The zero-order chi connectivity index (χ0) is 14.0. The first-order valence-corrected chi connectivity index (χ1v) is 6.82. The van der Waals surface area contributed by atoms with Crippen LogP contribution in [-0.2, 0) is 4.79 Å². The fourth-order valence-corrected chi connectivity index (χ4v) is 2.78. The van der Waals surface area contributed by atoms with Gasteiger partial charge in [-0.3, -0.25) is 4.79 Å². The van der Waals surface area contributed by atoms with E-state index in [0.717, 1.165) is 13.0 Å². The number of aromatic nitrogens is 1. The summed E-state index contributed by atoms with van der Waals surface area (Å²) >= 11 is 12.2. The quantitative estimate of drug-likeness (QED) is 0.898. The van der Waals surface area contributed by atoms with Crippen molar-refractivity contribution in [1.82, 2.24) is 10.3 Å². The molecule has 1 aliphatic rings. The summed E-state index contributed by atoms with van der Waals surface area (Å²) in [6.45, 7) is 3.04. The molecule has 0 aliphatic carbocycles. The lowest BCUT2D eigenvalue weighted by Crippen LogP contribution is -2.35. The Bertz CT molecular complexity index is 495. The number of amides is 1. The Balaban J connectivity index is 2.17. The fourth-order valence-electron chi connectivity index (χ4n) is 2.21. The molecule has 0 aromatic carbocycles. The summed E-state index contributed by atoms with van der Waals surface area (Å²) in [6, 6.07) is 1.83. The van der Waals surface area contributed by atoms with Crippen LogP contribution in [0.25, 0.3) is 0 Å². The average molecular weight is 303 g/mol. The van der Waals surface area contributed by atoms with E-state index in [1.807, 2.05) is 0 Å². The molecule has 19 heavy (non-hydrogen) atoms. The van der Waals surface area contributed by atoms with Crippen LogP contribution in [-0.4, -0.2) is 37.1 Å². The third-order valence-corrected chi connectivity index (χ3v) is 3.61. The molecule has 7 heteroatoms. The Morgan fingerprint density at radius 3 is 2.84 bits per heavy atom. The Hall–Kier alpha value is -1.20. The van der Waals surface area contributed by atoms with E-state index in [-0.39, 0.29) is 11.9 Å². The van der Waals surface area contributed by atoms with Gasteiger partial charge in [0.05, 0.1) is 10.0 Å². The van der Waals surface area contributed by atoms with Crippen molar-refractivity contribution in [2.45, 2.75) is 19.4 Å². The van der Waals surface area contributed by atoms with E-state index in [9.17, 15) is 4.79 Å². The Labute approximate surface area is 122 Å². The highest BCUT2D eigenvalue weighted by atomic mass is 35.5. The van der Waals surface area contributed by atoms with Crippen LogP contribution in [0.3, 0.4) is 0 Å². The molecule has 1 fully saturated rings. The number of hydrogen-bond donors (Lipinski definition) is 2. The molecule has 1 atom stereocenters. The molecule has 1 unspecified atom stereocenters. The van der Waals surface area contributed by atoms with Gasteiger partial charge in [-0.15, -0.1) is 0 Å². The first kappa shape index (κ1) is 14.2. The molecule has 0 bridgehead atoms. The molecule has 0 radical (unpaired) electrons. The lowest BCUT2D eigenvalue weighted by molar-refractivity contribution is -0.119. The summed E-state index contributed by atoms with van der Waals surface area (Å²) in [7, 11) is 1.76. The van der Waals surface area contributed by atoms with Crippen LogP contribution in [0.4, 0.5) is 11.6 Å². The molecule has 1 saturated heterocycles. The number of halogens is 2. The van der Waals surface area contributed by atoms with E-state index in [2.05, 4.69) is 20.5 Å². The van der Waals surface area contributed by atoms with E-state index >= 15 is 0 Å². The van der Waals surface area contributed by atoms with Crippen molar-refractivity contribution in [2.75, 3.05) is 30.4 Å². The topological polar surface area (TPSA) is 57.3 Å². The number of rotatable bonds is 3. The van der Waals surface area contributed by atoms with Crippen LogP contribution in [0, 0.1) is 0 Å². The number of pyridine rings is 1. The van der Waals surface area contributed by atoms with Crippen LogP contribution >= 0.6 is 23.2 Å². The van der Waals surface area contributed by atoms with Gasteiger partial charge in [0.25, 0.3) is 0 Å². The van der Waals surface area contributed by atoms with Crippen molar-refractivity contribution < 1.29 is 4.79 Å². The van der Waals surface area contributed by atoms with Crippen molar-refractivity contribution in [3.63, 3.8) is 0 Å². The zero-order valence-corrected chi connectivity index (χ0v) is 12.3. The van der Waals surface area contributed by atoms with Gasteiger partial charge in [0, 0.05) is 33.1 Å². The van der Waals surface area contributed by atoms with E-state index < -0.39 is 0 Å². The molecule has 1 amide bonds. The molecular weight excluding hydrogens is 287 g/mol. The van der Waals surface area contributed by atoms with Gasteiger partial charge >= 0.3 is 0 Å². The molecule has 0 spiro atoms. The van der Waals surface area contributed by atoms with E-state index in [4.69, 9.17) is 23.2 Å². The smallest absolute Gasteiger partial charge is 0.217 e. The van der Waals surface area contributed by atoms with Crippen LogP contribution in [0.2, 0.25) is 10.0 Å². The normalized spacial score (nSPS) is 18.5. The second-order valence-corrected chi connectivity index (χ2v) is 5.32. The van der Waals surface area contributed by atoms with Crippen LogP contribution in [0.5, 0.6) is 0 Å². The Morgan fingerprint density at radius 2 is 2.21 bits per heavy atom. The summed E-state index contributed by atoms with van der Waals surface area (Å²) in [6.07, 6.45) is 0.884. The minimum absolute atomic E-state index is 0.0158. The first-order valence-electron chi connectivity index (χ1n) is 6.07. The minimum Gasteiger partial charge on any atom is -0.372 e. The molecule has 5 nitrogen and oxygen atoms in total. The fraction of sp³-hybridized carbons (Fsp3) is 0.500. The first-order chi connectivity index (χ1) is 9.01. The van der Waals surface area contributed by atoms with Crippen LogP contribution < -0.4 is 15.5 Å². The highest BCUT2D eigenvalue weighted by Gasteiger charge is 2.26. The van der Waals surface area contributed by atoms with Gasteiger partial charge in [-0.1, -0.05) is 23.2 Å². The van der Waals surface area contributed by atoms with Gasteiger partial charge < -0.3 is 15.5 Å². The second-order valence-electron chi connectivity index (χ2n) is 4.51. The van der Waals surface area contributed by atoms with E-state index in [0.29, 0.717) is 28.2 Å². The monoisotopic (exact) mass is 302 g/mol. The van der Waals surface area contributed by atoms with Gasteiger partial charge in [0.1, 0.15) is 11.6 Å². The van der Waals surface area contributed by atoms with Crippen molar-refractivity contribution in [1.29, 1.82) is 0 Å². The molecule has 1 aromatic heterocycles. The third-order valence-electron chi connectivity index (χ3n) is 3.04. The maximum Gasteiger partial charge on any atom is 0.217 e. The molecule has 2 heterocycles. The molecule has 1 aliphatic heterocycles. The number of nitrogens with zero attached hydrogens (tertiary/aromatic N) is 2. The Morgan fingerprint density at radius 1 is 1.47 bits per heavy atom. The highest BCUT2D eigenvalue weighted by molar-refractivity contribution is 6.37. The standard InChI is InChI=1S/C12H16Cl2N4O/c1-7(19)16-8-3-4-18(6-8)12-10(14)5-9(13)11(15-2)17-12/h5,8H,3-4,6H2,1-2H3,(H,15,17)(H,16,19). The number of anilines is 2. The third kappa shape index (κ3) is 3.22. The molecular formula is C12H16Cl2N4O. The molecule has 2 rings (SSSR count). The zero-order valence-electron chi connectivity index (χ0n) is 10.8. The van der Waals surface area contributed by atoms with Crippen molar-refractivity contribution in [3.05, 3.63) is 16.1 Å². The van der Waals surface area contributed by atoms with Gasteiger partial charge in [0.15, 0.2) is 0 Å². The highest BCUT2D eigenvalue weighted by Crippen LogP contribution is 2.32. The predicted octanol–water partition coefficient (Wildman–Crippen LogP) is 2.14. The van der Waals surface area contributed by atoms with Gasteiger partial charge in [-0.05, 0) is 12.5 Å². The van der Waals surface area contributed by atoms with Gasteiger partial charge in [-0.25, -0.2) is 4.98 Å². The maximum atomic E-state index is 11.1. The largest absolute Gasteiger partial charge is 0.372 e. The van der Waals surface area contributed by atoms with Crippen LogP contribution in [0.15, 0.2) is 6.07 Å². The minimum atomic E-state index is -0.0158. The number of nitrogens with one attached hydrogen (secondary N) is 2. The molecule has 0 saturated carbocycles. The summed E-state index contributed by atoms with van der Waals surface area (Å²) < 4.78 is 0. The van der Waals surface area contributed by atoms with Crippen molar-refractivity contribution >= 4 is 40.7 Å². The number of hydrogen-bond acceptors (Lipinski definition) is 4. The SMILES string of the molecule is CNc1nc(N2CCC(NC(C)=O)C2)c(Cl)cc1Cl. The summed E-state index contributed by atoms with van der Waals surface area (Å²) in [5, 5.41) is 6.85. The van der Waals surface area contributed by atoms with Crippen molar-refractivity contribution in [2.24, 2.45) is 0 Å². The average Bonchev–Trinajstić information content (AvgIpc) is 2.76. The lowest BCUT2D eigenvalue weighted by Gasteiger charge is -2.20. The van der Waals surface area contributed by atoms with E-state index in [1.165, 1.54) is 6.92 Å². The van der Waals surface area contributed by atoms with Crippen molar-refractivity contribution in [3.8, 4) is 0 Å². The number of carbonyl (C=O) groups is 1. The molecule has 104 valence electrons. The predicted molar refractivity (Wildman–Crippen MR) is 78.2 cm³/mol. The maximum absolute atomic E-state index is 11.1. The summed E-state index contributed by atoms with van der Waals surface area (Å²) in [5.41, 5.74) is 0. The molecule has 2 N–H and O–H groups in total. The van der Waals surface area contributed by atoms with Gasteiger partial charge in [-0.2, -0.15) is 0 Å². The Kier molecular flexibility index (Phi) is 4.37. The van der Waals surface area contributed by atoms with Gasteiger partial charge in [0.2, 0.25) is 5.91 Å². The number of carbonyl (C=O) groups excluding carboxylic acids is 1. The lowest BCUT2D eigenvalue weighted by atomic mass is 10.2. The summed E-state index contributed by atoms with van der Waals surface area (Å²) in [5.74, 6) is 1.28. The molecule has 1 aromatic rings.